The van der Waals surface area contributed by atoms with Crippen LogP contribution in [-0.2, 0) is 21.2 Å². The molecular weight excluding hydrogens is 374 g/mol. The Hall–Kier alpha value is -2.15. The molecule has 0 atom stereocenters. The fourth-order valence-corrected chi connectivity index (χ4v) is 6.75. The van der Waals surface area contributed by atoms with Crippen LogP contribution in [0.4, 0.5) is 0 Å². The van der Waals surface area contributed by atoms with Gasteiger partial charge in [0.2, 0.25) is 5.91 Å². The number of rotatable bonds is 3. The van der Waals surface area contributed by atoms with E-state index in [9.17, 15) is 13.2 Å². The molecule has 4 rings (SSSR count). The van der Waals surface area contributed by atoms with Gasteiger partial charge in [-0.3, -0.25) is 9.48 Å². The lowest BCUT2D eigenvalue weighted by Crippen LogP contribution is -2.58. The summed E-state index contributed by atoms with van der Waals surface area (Å²) in [6, 6.07) is 9.99. The van der Waals surface area contributed by atoms with Crippen molar-refractivity contribution in [2.75, 3.05) is 18.8 Å². The molecule has 0 N–H and O–H groups in total. The first-order chi connectivity index (χ1) is 13.4. The van der Waals surface area contributed by atoms with Crippen LogP contribution in [0.5, 0.6) is 0 Å². The summed E-state index contributed by atoms with van der Waals surface area (Å²) in [5, 5.41) is 4.51. The van der Waals surface area contributed by atoms with Gasteiger partial charge < -0.3 is 4.90 Å². The summed E-state index contributed by atoms with van der Waals surface area (Å²) in [5.74, 6) is 0.0218. The number of nitrogens with zero attached hydrogens (tertiary/aromatic N) is 3. The van der Waals surface area contributed by atoms with Crippen LogP contribution in [0.1, 0.15) is 37.8 Å². The molecule has 2 aliphatic rings. The second-order valence-electron chi connectivity index (χ2n) is 8.07. The summed E-state index contributed by atoms with van der Waals surface area (Å²) >= 11 is 0. The molecule has 2 fully saturated rings. The topological polar surface area (TPSA) is 72.3 Å². The van der Waals surface area contributed by atoms with Crippen molar-refractivity contribution in [2.45, 2.75) is 50.3 Å². The average molecular weight is 402 g/mol. The number of carbonyl (C=O) groups excluding carboxylic acids is 1. The van der Waals surface area contributed by atoms with E-state index in [1.54, 1.807) is 9.58 Å². The predicted molar refractivity (Wildman–Crippen MR) is 109 cm³/mol. The zero-order valence-corrected chi connectivity index (χ0v) is 17.1. The molecule has 1 aliphatic heterocycles. The lowest BCUT2D eigenvalue weighted by Gasteiger charge is -2.44. The summed E-state index contributed by atoms with van der Waals surface area (Å²) in [7, 11) is -3.14. The Kier molecular flexibility index (Phi) is 5.04. The molecule has 1 aromatic carbocycles. The van der Waals surface area contributed by atoms with Crippen molar-refractivity contribution in [3.63, 3.8) is 0 Å². The first-order valence-corrected chi connectivity index (χ1v) is 11.7. The van der Waals surface area contributed by atoms with E-state index in [0.717, 1.165) is 36.1 Å². The third kappa shape index (κ3) is 3.48. The van der Waals surface area contributed by atoms with Crippen LogP contribution in [0.2, 0.25) is 0 Å². The molecule has 2 aromatic rings. The van der Waals surface area contributed by atoms with Crippen LogP contribution in [0.3, 0.4) is 0 Å². The molecule has 1 spiro atoms. The number of hydrogen-bond acceptors (Lipinski definition) is 4. The summed E-state index contributed by atoms with van der Waals surface area (Å²) in [5.41, 5.74) is 2.96. The van der Waals surface area contributed by atoms with Crippen molar-refractivity contribution in [3.8, 4) is 11.1 Å². The van der Waals surface area contributed by atoms with Gasteiger partial charge >= 0.3 is 0 Å². The Morgan fingerprint density at radius 3 is 2.57 bits per heavy atom. The van der Waals surface area contributed by atoms with Crippen molar-refractivity contribution in [3.05, 3.63) is 42.2 Å². The van der Waals surface area contributed by atoms with Gasteiger partial charge in [-0.15, -0.1) is 0 Å². The highest BCUT2D eigenvalue weighted by Gasteiger charge is 2.49. The number of carbonyl (C=O) groups is 1. The standard InChI is InChI=1S/C21H27N3O3S/c1-17-19(18-8-4-2-5-9-18)14-24(22-17)15-20(25)23-12-13-28(26,27)21(16-23)10-6-3-7-11-21/h2,4-5,8-9,14H,3,6-7,10-13,15-16H2,1H3. The smallest absolute Gasteiger partial charge is 0.244 e. The van der Waals surface area contributed by atoms with Gasteiger partial charge in [0, 0.05) is 24.8 Å². The van der Waals surface area contributed by atoms with Gasteiger partial charge in [-0.25, -0.2) is 8.42 Å². The van der Waals surface area contributed by atoms with E-state index < -0.39 is 14.6 Å². The van der Waals surface area contributed by atoms with E-state index in [1.165, 1.54) is 0 Å². The van der Waals surface area contributed by atoms with Crippen molar-refractivity contribution in [1.29, 1.82) is 0 Å². The van der Waals surface area contributed by atoms with Crippen molar-refractivity contribution < 1.29 is 13.2 Å². The Balaban J connectivity index is 1.50. The molecular formula is C21H27N3O3S. The quantitative estimate of drug-likeness (QED) is 0.793. The Bertz CT molecular complexity index is 960. The molecule has 0 unspecified atom stereocenters. The number of sulfone groups is 1. The molecule has 28 heavy (non-hydrogen) atoms. The maximum absolute atomic E-state index is 12.9. The second kappa shape index (κ2) is 7.35. The predicted octanol–water partition coefficient (Wildman–Crippen LogP) is 2.82. The maximum Gasteiger partial charge on any atom is 0.244 e. The summed E-state index contributed by atoms with van der Waals surface area (Å²) in [6.45, 7) is 2.70. The molecule has 1 aromatic heterocycles. The molecule has 150 valence electrons. The average Bonchev–Trinajstić information content (AvgIpc) is 3.05. The van der Waals surface area contributed by atoms with Crippen LogP contribution in [-0.4, -0.2) is 52.6 Å². The van der Waals surface area contributed by atoms with Gasteiger partial charge in [0.05, 0.1) is 16.2 Å². The van der Waals surface area contributed by atoms with Crippen LogP contribution in [0.15, 0.2) is 36.5 Å². The highest BCUT2D eigenvalue weighted by atomic mass is 32.2. The molecule has 1 saturated heterocycles. The van der Waals surface area contributed by atoms with Crippen molar-refractivity contribution in [2.24, 2.45) is 0 Å². The van der Waals surface area contributed by atoms with Gasteiger partial charge in [-0.05, 0) is 25.3 Å². The van der Waals surface area contributed by atoms with E-state index in [2.05, 4.69) is 5.10 Å². The lowest BCUT2D eigenvalue weighted by molar-refractivity contribution is -0.132. The first kappa shape index (κ1) is 19.2. The number of aryl methyl sites for hydroxylation is 1. The SMILES string of the molecule is Cc1nn(CC(=O)N2CCS(=O)(=O)C3(CCCCC3)C2)cc1-c1ccccc1. The highest BCUT2D eigenvalue weighted by molar-refractivity contribution is 7.92. The lowest BCUT2D eigenvalue weighted by atomic mass is 9.87. The largest absolute Gasteiger partial charge is 0.338 e. The number of benzene rings is 1. The van der Waals surface area contributed by atoms with E-state index in [1.807, 2.05) is 43.5 Å². The molecule has 0 bridgehead atoms. The summed E-state index contributed by atoms with van der Waals surface area (Å²) in [6.07, 6.45) is 6.20. The Labute approximate surface area is 166 Å². The van der Waals surface area contributed by atoms with Crippen molar-refractivity contribution >= 4 is 15.7 Å². The Morgan fingerprint density at radius 2 is 1.86 bits per heavy atom. The normalized spacial score (nSPS) is 21.0. The van der Waals surface area contributed by atoms with Gasteiger partial charge in [-0.1, -0.05) is 49.6 Å². The molecule has 2 heterocycles. The minimum atomic E-state index is -3.14. The Morgan fingerprint density at radius 1 is 1.14 bits per heavy atom. The fourth-order valence-electron chi connectivity index (χ4n) is 4.59. The monoisotopic (exact) mass is 401 g/mol. The second-order valence-corrected chi connectivity index (χ2v) is 10.6. The van der Waals surface area contributed by atoms with Gasteiger partial charge in [0.15, 0.2) is 9.84 Å². The van der Waals surface area contributed by atoms with Crippen LogP contribution in [0, 0.1) is 6.92 Å². The third-order valence-corrected chi connectivity index (χ3v) is 8.79. The molecule has 1 saturated carbocycles. The summed E-state index contributed by atoms with van der Waals surface area (Å²) in [4.78, 5) is 14.7. The highest BCUT2D eigenvalue weighted by Crippen LogP contribution is 2.38. The van der Waals surface area contributed by atoms with Gasteiger partial charge in [0.25, 0.3) is 0 Å². The van der Waals surface area contributed by atoms with Crippen molar-refractivity contribution in [1.82, 2.24) is 14.7 Å². The van der Waals surface area contributed by atoms with E-state index in [4.69, 9.17) is 0 Å². The zero-order valence-electron chi connectivity index (χ0n) is 16.3. The van der Waals surface area contributed by atoms with E-state index >= 15 is 0 Å². The van der Waals surface area contributed by atoms with Crippen LogP contribution in [0.25, 0.3) is 11.1 Å². The zero-order chi connectivity index (χ0) is 19.8. The fraction of sp³-hybridized carbons (Fsp3) is 0.524. The number of aromatic nitrogens is 2. The minimum absolute atomic E-state index is 0.0537. The van der Waals surface area contributed by atoms with Crippen LogP contribution < -0.4 is 0 Å². The summed E-state index contributed by atoms with van der Waals surface area (Å²) < 4.78 is 26.4. The number of amides is 1. The molecule has 1 amide bonds. The molecule has 0 radical (unpaired) electrons. The minimum Gasteiger partial charge on any atom is -0.338 e. The van der Waals surface area contributed by atoms with Crippen LogP contribution >= 0.6 is 0 Å². The van der Waals surface area contributed by atoms with Gasteiger partial charge in [-0.2, -0.15) is 5.10 Å². The molecule has 1 aliphatic carbocycles. The number of hydrogen-bond donors (Lipinski definition) is 0. The maximum atomic E-state index is 12.9. The first-order valence-electron chi connectivity index (χ1n) is 10.00. The van der Waals surface area contributed by atoms with E-state index in [0.29, 0.717) is 19.4 Å². The van der Waals surface area contributed by atoms with E-state index in [-0.39, 0.29) is 24.7 Å². The molecule has 7 heteroatoms. The van der Waals surface area contributed by atoms with Gasteiger partial charge in [0.1, 0.15) is 6.54 Å². The third-order valence-electron chi connectivity index (χ3n) is 6.21. The molecule has 6 nitrogen and oxygen atoms in total.